The number of nitrogens with zero attached hydrogens (tertiary/aromatic N) is 6. The average molecular weight is 1680 g/mol. The zero-order valence-electron chi connectivity index (χ0n) is 72.2. The molecule has 0 N–H and O–H groups in total. The summed E-state index contributed by atoms with van der Waals surface area (Å²) in [6.45, 7) is 0. The summed E-state index contributed by atoms with van der Waals surface area (Å²) in [4.78, 5) is 0. The molecule has 6 aromatic heterocycles. The van der Waals surface area contributed by atoms with Crippen LogP contribution < -0.4 is 0 Å². The molecule has 21 aromatic carbocycles. The second-order valence-electron chi connectivity index (χ2n) is 34.2. The normalized spacial score (nSPS) is 11.6. The molecule has 132 heavy (non-hydrogen) atoms. The Hall–Kier alpha value is -17.6. The highest BCUT2D eigenvalue weighted by atomic mass is 15.0. The van der Waals surface area contributed by atoms with Crippen molar-refractivity contribution in [3.05, 3.63) is 510 Å². The molecule has 0 fully saturated rings. The molecule has 0 aliphatic rings. The van der Waals surface area contributed by atoms with Gasteiger partial charge in [0.05, 0.1) is 71.9 Å². The van der Waals surface area contributed by atoms with Crippen molar-refractivity contribution in [3.63, 3.8) is 0 Å². The second-order valence-corrected chi connectivity index (χ2v) is 34.2. The summed E-state index contributed by atoms with van der Waals surface area (Å²) < 4.78 is 14.4. The molecule has 0 spiro atoms. The summed E-state index contributed by atoms with van der Waals surface area (Å²) in [6.07, 6.45) is 0. The van der Waals surface area contributed by atoms with E-state index in [0.717, 1.165) is 11.4 Å². The molecule has 0 unspecified atom stereocenters. The third-order valence-corrected chi connectivity index (χ3v) is 26.8. The van der Waals surface area contributed by atoms with Crippen LogP contribution in [-0.4, -0.2) is 27.4 Å². The summed E-state index contributed by atoms with van der Waals surface area (Å²) in [6, 6.07) is 184. The summed E-state index contributed by atoms with van der Waals surface area (Å²) in [5, 5.41) is 15.2. The van der Waals surface area contributed by atoms with Gasteiger partial charge in [-0.2, -0.15) is 0 Å². The molecule has 27 aromatic rings. The predicted molar refractivity (Wildman–Crippen MR) is 558 cm³/mol. The highest BCUT2D eigenvalue weighted by Crippen LogP contribution is 2.45. The monoisotopic (exact) mass is 1680 g/mol. The maximum atomic E-state index is 2.43. The lowest BCUT2D eigenvalue weighted by atomic mass is 9.99. The molecule has 6 nitrogen and oxygen atoms in total. The third-order valence-electron chi connectivity index (χ3n) is 26.8. The minimum Gasteiger partial charge on any atom is -0.309 e. The summed E-state index contributed by atoms with van der Waals surface area (Å²) in [7, 11) is 0. The van der Waals surface area contributed by atoms with Crippen LogP contribution in [0.5, 0.6) is 0 Å². The molecule has 0 aliphatic heterocycles. The molecule has 0 saturated heterocycles. The highest BCUT2D eigenvalue weighted by molar-refractivity contribution is 6.16. The van der Waals surface area contributed by atoms with Gasteiger partial charge in [0.1, 0.15) is 0 Å². The number of hydrogen-bond acceptors (Lipinski definition) is 0. The van der Waals surface area contributed by atoms with E-state index in [-0.39, 0.29) is 0 Å². The van der Waals surface area contributed by atoms with Gasteiger partial charge in [0.15, 0.2) is 0 Å². The Balaban J connectivity index is 0.000000106. The van der Waals surface area contributed by atoms with E-state index < -0.39 is 0 Å². The van der Waals surface area contributed by atoms with Gasteiger partial charge in [-0.15, -0.1) is 0 Å². The molecule has 0 atom stereocenters. The average Bonchev–Trinajstić information content (AvgIpc) is 1.58. The Kier molecular flexibility index (Phi) is 18.8. The SMILES string of the molecule is c1ccc(-c2ccc(-c3ccc(-n4c5ccccc5c5cc(-n6c7ccccc7c7ccccc76)ccc54)cc3)cc2)cc1.c1ccc(-c2ccc(-c3cccc(-n4c5ccccc5c5cc(-n6c7ccccc7c7ccccc76)ccc54)c3)cc2)cc1.c1ccc(-c2ccc(-c3ccccc3-n3c4ccccc4c4cc(-n5c6ccccc6c6ccccc65)ccc43)cc2)cc1. The molecule has 618 valence electrons. The van der Waals surface area contributed by atoms with Crippen LogP contribution in [0.1, 0.15) is 0 Å². The number of benzene rings is 21. The summed E-state index contributed by atoms with van der Waals surface area (Å²) >= 11 is 0. The van der Waals surface area contributed by atoms with Crippen molar-refractivity contribution in [2.24, 2.45) is 0 Å². The van der Waals surface area contributed by atoms with Gasteiger partial charge in [0.25, 0.3) is 0 Å². The Labute approximate surface area is 763 Å². The molecule has 6 heteroatoms. The van der Waals surface area contributed by atoms with Gasteiger partial charge < -0.3 is 27.4 Å². The van der Waals surface area contributed by atoms with E-state index in [2.05, 4.69) is 537 Å². The lowest BCUT2D eigenvalue weighted by molar-refractivity contribution is 1.17. The predicted octanol–water partition coefficient (Wildman–Crippen LogP) is 33.6. The molecule has 0 radical (unpaired) electrons. The number of fused-ring (bicyclic) bond motifs is 18. The van der Waals surface area contributed by atoms with E-state index in [0.29, 0.717) is 0 Å². The van der Waals surface area contributed by atoms with Gasteiger partial charge in [-0.25, -0.2) is 0 Å². The topological polar surface area (TPSA) is 29.6 Å². The van der Waals surface area contributed by atoms with Crippen molar-refractivity contribution < 1.29 is 0 Å². The molecule has 0 aliphatic carbocycles. The van der Waals surface area contributed by atoms with Gasteiger partial charge in [-0.1, -0.05) is 370 Å². The zero-order valence-corrected chi connectivity index (χ0v) is 72.2. The van der Waals surface area contributed by atoms with Gasteiger partial charge in [-0.05, 0) is 201 Å². The van der Waals surface area contributed by atoms with Gasteiger partial charge in [0.2, 0.25) is 0 Å². The smallest absolute Gasteiger partial charge is 0.0542 e. The first-order chi connectivity index (χ1) is 65.5. The van der Waals surface area contributed by atoms with Crippen LogP contribution in [0, 0.1) is 0 Å². The van der Waals surface area contributed by atoms with Crippen molar-refractivity contribution in [2.45, 2.75) is 0 Å². The largest absolute Gasteiger partial charge is 0.309 e. The fourth-order valence-corrected chi connectivity index (χ4v) is 20.7. The van der Waals surface area contributed by atoms with Crippen LogP contribution >= 0.6 is 0 Å². The number of hydrogen-bond donors (Lipinski definition) is 0. The quantitative estimate of drug-likeness (QED) is 0.117. The first kappa shape index (κ1) is 76.8. The Morgan fingerprint density at radius 2 is 0.295 bits per heavy atom. The maximum Gasteiger partial charge on any atom is 0.0542 e. The molecule has 6 heterocycles. The van der Waals surface area contributed by atoms with Crippen LogP contribution in [0.2, 0.25) is 0 Å². The summed E-state index contributed by atoms with van der Waals surface area (Å²) in [5.74, 6) is 0. The van der Waals surface area contributed by atoms with Crippen molar-refractivity contribution in [1.82, 2.24) is 27.4 Å². The second kappa shape index (κ2) is 32.4. The molecular formula is C126H84N6. The minimum absolute atomic E-state index is 1.16. The number of rotatable bonds is 12. The fraction of sp³-hybridized carbons (Fsp3) is 0. The van der Waals surface area contributed by atoms with Crippen LogP contribution in [0.3, 0.4) is 0 Å². The minimum atomic E-state index is 1.16. The van der Waals surface area contributed by atoms with Crippen molar-refractivity contribution in [1.29, 1.82) is 0 Å². The Morgan fingerprint density at radius 3 is 0.614 bits per heavy atom. The fourth-order valence-electron chi connectivity index (χ4n) is 20.7. The number of aromatic nitrogens is 6. The Morgan fingerprint density at radius 1 is 0.0985 bits per heavy atom. The molecule has 0 bridgehead atoms. The van der Waals surface area contributed by atoms with E-state index in [1.165, 1.54) is 220 Å². The highest BCUT2D eigenvalue weighted by Gasteiger charge is 2.23. The van der Waals surface area contributed by atoms with Crippen LogP contribution in [0.15, 0.2) is 510 Å². The van der Waals surface area contributed by atoms with E-state index in [1.807, 2.05) is 0 Å². The molecule has 0 amide bonds. The first-order valence-electron chi connectivity index (χ1n) is 45.4. The van der Waals surface area contributed by atoms with E-state index >= 15 is 0 Å². The lowest BCUT2D eigenvalue weighted by Gasteiger charge is -2.15. The van der Waals surface area contributed by atoms with Crippen molar-refractivity contribution in [2.75, 3.05) is 0 Å². The van der Waals surface area contributed by atoms with Gasteiger partial charge in [-0.3, -0.25) is 0 Å². The van der Waals surface area contributed by atoms with E-state index in [4.69, 9.17) is 0 Å². The zero-order chi connectivity index (χ0) is 87.1. The first-order valence-corrected chi connectivity index (χ1v) is 45.4. The lowest BCUT2D eigenvalue weighted by Crippen LogP contribution is -1.98. The van der Waals surface area contributed by atoms with Gasteiger partial charge >= 0.3 is 0 Å². The summed E-state index contributed by atoms with van der Waals surface area (Å²) in [5.41, 5.74) is 36.2. The van der Waals surface area contributed by atoms with Crippen LogP contribution in [0.4, 0.5) is 0 Å². The maximum absolute atomic E-state index is 2.43. The standard InChI is InChI=1S/3C42H28N2/c1-2-12-29(13-3-1)30-22-24-31(25-23-30)33-14-4-8-18-38(33)44-41-21-11-7-17-36(41)37-28-32(26-27-42(37)44)43-39-19-9-5-15-34(39)35-16-6-10-20-40(35)43;1-2-11-29(12-3-1)30-21-23-31(24-22-30)32-13-10-14-33(27-32)43-41-20-9-6-17-37(41)38-28-34(25-26-42(38)43)44-39-18-7-4-15-35(39)36-16-5-8-19-40(36)44;1-2-10-29(11-3-1)30-18-20-31(21-19-30)32-22-24-33(25-23-32)43-41-17-9-6-14-37(41)38-28-34(26-27-42(38)43)44-39-15-7-4-12-35(39)36-13-5-8-16-40(36)44/h3*1-28H. The molecule has 27 rings (SSSR count). The molecular weight excluding hydrogens is 1600 g/mol. The van der Waals surface area contributed by atoms with Crippen LogP contribution in [-0.2, 0) is 0 Å². The van der Waals surface area contributed by atoms with E-state index in [9.17, 15) is 0 Å². The third kappa shape index (κ3) is 13.2. The molecule has 0 saturated carbocycles. The van der Waals surface area contributed by atoms with Crippen molar-refractivity contribution in [3.8, 4) is 101 Å². The van der Waals surface area contributed by atoms with Crippen LogP contribution in [0.25, 0.3) is 232 Å². The van der Waals surface area contributed by atoms with Crippen molar-refractivity contribution >= 4 is 131 Å². The Bertz CT molecular complexity index is 8940. The van der Waals surface area contributed by atoms with E-state index in [1.54, 1.807) is 0 Å². The van der Waals surface area contributed by atoms with Gasteiger partial charge in [0, 0.05) is 98.6 Å². The number of para-hydroxylation sites is 10.